The maximum absolute atomic E-state index is 12.9. The quantitative estimate of drug-likeness (QED) is 0.206. The van der Waals surface area contributed by atoms with E-state index < -0.39 is 19.8 Å². The van der Waals surface area contributed by atoms with Gasteiger partial charge in [0.05, 0.1) is 17.4 Å². The zero-order valence-corrected chi connectivity index (χ0v) is 22.1. The number of halogens is 1. The van der Waals surface area contributed by atoms with Crippen LogP contribution in [0.15, 0.2) is 54.7 Å². The Morgan fingerprint density at radius 1 is 1.08 bits per heavy atom. The molecule has 0 aliphatic heterocycles. The molecular weight excluding hydrogens is 519 g/mol. The molecule has 11 nitrogen and oxygen atoms in total. The molecule has 0 radical (unpaired) electrons. The standard InChI is InChI=1S/C24H26ClN6O5P/c1-4-24(5-2,36-37(34)35)22(33)28-15-9-8-10-16(13-15)29-23-27-14-18(25)20(31-23)30-19-12-7-6-11-17(19)21(32)26-3/h6-14H,4-5H2,1-3H3,(H4-,26,27,28,29,30,31,32,33,34,35)/p+1. The molecule has 0 fully saturated rings. The lowest BCUT2D eigenvalue weighted by Crippen LogP contribution is -2.43. The van der Waals surface area contributed by atoms with Crippen molar-refractivity contribution >= 4 is 60.5 Å². The summed E-state index contributed by atoms with van der Waals surface area (Å²) in [6.07, 6.45) is 1.84. The first kappa shape index (κ1) is 27.9. The van der Waals surface area contributed by atoms with E-state index in [1.807, 2.05) is 0 Å². The smallest absolute Gasteiger partial charge is 0.355 e. The Hall–Kier alpha value is -3.63. The van der Waals surface area contributed by atoms with Crippen LogP contribution in [0.1, 0.15) is 37.0 Å². The van der Waals surface area contributed by atoms with Gasteiger partial charge in [-0.1, -0.05) is 43.6 Å². The van der Waals surface area contributed by atoms with Crippen molar-refractivity contribution < 1.29 is 23.6 Å². The second-order valence-corrected chi connectivity index (χ2v) is 8.90. The Kier molecular flexibility index (Phi) is 9.48. The van der Waals surface area contributed by atoms with Crippen molar-refractivity contribution in [2.45, 2.75) is 32.3 Å². The molecule has 1 aromatic heterocycles. The van der Waals surface area contributed by atoms with Crippen LogP contribution in [0.5, 0.6) is 0 Å². The number of anilines is 5. The van der Waals surface area contributed by atoms with Gasteiger partial charge in [-0.15, -0.1) is 9.42 Å². The first-order chi connectivity index (χ1) is 17.7. The van der Waals surface area contributed by atoms with Crippen LogP contribution in [0.3, 0.4) is 0 Å². The topological polar surface area (TPSA) is 155 Å². The number of carbonyl (C=O) groups is 2. The molecule has 0 bridgehead atoms. The second-order valence-electron chi connectivity index (χ2n) is 7.83. The number of carbonyl (C=O) groups excluding carboxylic acids is 2. The number of nitrogens with one attached hydrogen (secondary N) is 4. The van der Waals surface area contributed by atoms with E-state index in [1.54, 1.807) is 69.4 Å². The van der Waals surface area contributed by atoms with Crippen LogP contribution in [-0.2, 0) is 13.9 Å². The summed E-state index contributed by atoms with van der Waals surface area (Å²) >= 11 is 6.29. The molecule has 0 aliphatic carbocycles. The van der Waals surface area contributed by atoms with Crippen LogP contribution >= 0.6 is 19.9 Å². The summed E-state index contributed by atoms with van der Waals surface area (Å²) in [5.74, 6) is -0.302. The van der Waals surface area contributed by atoms with Crippen LogP contribution < -0.4 is 21.3 Å². The molecule has 3 aromatic rings. The van der Waals surface area contributed by atoms with Crippen molar-refractivity contribution in [1.29, 1.82) is 0 Å². The van der Waals surface area contributed by atoms with Gasteiger partial charge < -0.3 is 21.3 Å². The largest absolute Gasteiger partial charge is 0.695 e. The van der Waals surface area contributed by atoms with Gasteiger partial charge in [-0.25, -0.2) is 4.98 Å². The third kappa shape index (κ3) is 6.99. The lowest BCUT2D eigenvalue weighted by atomic mass is 9.96. The van der Waals surface area contributed by atoms with E-state index in [2.05, 4.69) is 31.2 Å². The molecule has 194 valence electrons. The fraction of sp³-hybridized carbons (Fsp3) is 0.250. The molecule has 0 saturated carbocycles. The molecule has 0 spiro atoms. The summed E-state index contributed by atoms with van der Waals surface area (Å²) in [5, 5.41) is 11.7. The van der Waals surface area contributed by atoms with Crippen molar-refractivity contribution in [2.75, 3.05) is 23.0 Å². The van der Waals surface area contributed by atoms with E-state index in [4.69, 9.17) is 16.1 Å². The highest BCUT2D eigenvalue weighted by molar-refractivity contribution is 7.32. The molecule has 1 atom stereocenters. The molecule has 5 N–H and O–H groups in total. The normalized spacial score (nSPS) is 11.4. The number of para-hydroxylation sites is 1. The number of amides is 2. The predicted molar refractivity (Wildman–Crippen MR) is 143 cm³/mol. The van der Waals surface area contributed by atoms with Crippen molar-refractivity contribution in [1.82, 2.24) is 15.3 Å². The second kappa shape index (κ2) is 12.6. The number of hydrogen-bond acceptors (Lipinski definition) is 8. The van der Waals surface area contributed by atoms with Crippen molar-refractivity contribution in [2.24, 2.45) is 0 Å². The van der Waals surface area contributed by atoms with Crippen LogP contribution in [-0.4, -0.2) is 39.3 Å². The van der Waals surface area contributed by atoms with Gasteiger partial charge in [-0.2, -0.15) is 4.98 Å². The van der Waals surface area contributed by atoms with Gasteiger partial charge in [-0.05, 0) is 43.2 Å². The SMILES string of the molecule is CCC(CC)(O[P+](=O)O)C(=O)Nc1cccc(Nc2ncc(Cl)c(Nc3ccccc3C(=O)NC)n2)c1. The fourth-order valence-corrected chi connectivity index (χ4v) is 4.29. The molecule has 3 rings (SSSR count). The minimum Gasteiger partial charge on any atom is -0.355 e. The summed E-state index contributed by atoms with van der Waals surface area (Å²) < 4.78 is 16.3. The van der Waals surface area contributed by atoms with E-state index in [0.717, 1.165) is 0 Å². The van der Waals surface area contributed by atoms with Crippen molar-refractivity contribution in [3.05, 3.63) is 65.3 Å². The number of aromatic nitrogens is 2. The van der Waals surface area contributed by atoms with E-state index in [-0.39, 0.29) is 35.5 Å². The predicted octanol–water partition coefficient (Wildman–Crippen LogP) is 5.14. The van der Waals surface area contributed by atoms with Crippen LogP contribution in [0.4, 0.5) is 28.8 Å². The van der Waals surface area contributed by atoms with Gasteiger partial charge in [0, 0.05) is 23.0 Å². The fourth-order valence-electron chi connectivity index (χ4n) is 3.51. The van der Waals surface area contributed by atoms with Gasteiger partial charge in [0.15, 0.2) is 5.82 Å². The van der Waals surface area contributed by atoms with Gasteiger partial charge in [0.2, 0.25) is 11.5 Å². The average Bonchev–Trinajstić information content (AvgIpc) is 2.89. The maximum atomic E-state index is 12.9. The minimum absolute atomic E-state index is 0.213. The molecule has 37 heavy (non-hydrogen) atoms. The lowest BCUT2D eigenvalue weighted by molar-refractivity contribution is -0.132. The highest BCUT2D eigenvalue weighted by Crippen LogP contribution is 2.33. The van der Waals surface area contributed by atoms with Crippen molar-refractivity contribution in [3.63, 3.8) is 0 Å². The van der Waals surface area contributed by atoms with E-state index in [9.17, 15) is 19.0 Å². The number of hydrogen-bond donors (Lipinski definition) is 5. The highest BCUT2D eigenvalue weighted by atomic mass is 35.5. The Bertz CT molecular complexity index is 1300. The van der Waals surface area contributed by atoms with Gasteiger partial charge in [0.1, 0.15) is 5.02 Å². The first-order valence-electron chi connectivity index (χ1n) is 11.4. The van der Waals surface area contributed by atoms with Crippen molar-refractivity contribution in [3.8, 4) is 0 Å². The Morgan fingerprint density at radius 3 is 2.46 bits per heavy atom. The third-order valence-corrected chi connectivity index (χ3v) is 6.36. The van der Waals surface area contributed by atoms with E-state index in [1.165, 1.54) is 6.20 Å². The Morgan fingerprint density at radius 2 is 1.78 bits per heavy atom. The molecule has 0 saturated heterocycles. The molecular formula is C24H27ClN6O5P+. The number of benzene rings is 2. The molecule has 13 heteroatoms. The monoisotopic (exact) mass is 545 g/mol. The van der Waals surface area contributed by atoms with E-state index >= 15 is 0 Å². The third-order valence-electron chi connectivity index (χ3n) is 5.58. The number of nitrogens with zero attached hydrogens (tertiary/aromatic N) is 2. The average molecular weight is 546 g/mol. The van der Waals surface area contributed by atoms with Crippen LogP contribution in [0.2, 0.25) is 5.02 Å². The summed E-state index contributed by atoms with van der Waals surface area (Å²) in [6, 6.07) is 13.7. The van der Waals surface area contributed by atoms with Crippen LogP contribution in [0.25, 0.3) is 0 Å². The Balaban J connectivity index is 1.80. The zero-order valence-electron chi connectivity index (χ0n) is 20.4. The molecule has 2 aromatic carbocycles. The van der Waals surface area contributed by atoms with Gasteiger partial charge >= 0.3 is 8.25 Å². The minimum atomic E-state index is -2.96. The van der Waals surface area contributed by atoms with Gasteiger partial charge in [-0.3, -0.25) is 9.59 Å². The van der Waals surface area contributed by atoms with E-state index in [0.29, 0.717) is 22.6 Å². The zero-order chi connectivity index (χ0) is 27.0. The first-order valence-corrected chi connectivity index (χ1v) is 12.9. The number of rotatable bonds is 11. The van der Waals surface area contributed by atoms with Gasteiger partial charge in [0.25, 0.3) is 11.8 Å². The molecule has 2 amide bonds. The summed E-state index contributed by atoms with van der Waals surface area (Å²) in [7, 11) is -1.41. The molecule has 1 heterocycles. The summed E-state index contributed by atoms with van der Waals surface area (Å²) in [5.41, 5.74) is 0.494. The molecule has 1 unspecified atom stereocenters. The summed E-state index contributed by atoms with van der Waals surface area (Å²) in [4.78, 5) is 42.9. The Labute approximate surface area is 220 Å². The van der Waals surface area contributed by atoms with Crippen LogP contribution in [0, 0.1) is 0 Å². The lowest BCUT2D eigenvalue weighted by Gasteiger charge is -2.23. The summed E-state index contributed by atoms with van der Waals surface area (Å²) in [6.45, 7) is 3.41. The highest BCUT2D eigenvalue weighted by Gasteiger charge is 2.44. The maximum Gasteiger partial charge on any atom is 0.695 e. The molecule has 0 aliphatic rings.